The van der Waals surface area contributed by atoms with Crippen LogP contribution in [0.4, 0.5) is 5.69 Å². The zero-order valence-corrected chi connectivity index (χ0v) is 14.9. The van der Waals surface area contributed by atoms with Gasteiger partial charge in [0.25, 0.3) is 11.8 Å². The Bertz CT molecular complexity index is 955. The van der Waals surface area contributed by atoms with Gasteiger partial charge >= 0.3 is 0 Å². The maximum Gasteiger partial charge on any atom is 0.275 e. The Morgan fingerprint density at radius 2 is 1.48 bits per heavy atom. The molecular weight excluding hydrogens is 344 g/mol. The summed E-state index contributed by atoms with van der Waals surface area (Å²) in [5.74, 6) is -0.662. The molecule has 2 aromatic heterocycles. The molecule has 0 radical (unpaired) electrons. The number of aryl methyl sites for hydroxylation is 2. The fourth-order valence-corrected chi connectivity index (χ4v) is 2.25. The molecule has 3 rings (SSSR count). The summed E-state index contributed by atoms with van der Waals surface area (Å²) < 4.78 is 0. The molecule has 0 fully saturated rings. The van der Waals surface area contributed by atoms with Gasteiger partial charge in [-0.3, -0.25) is 19.6 Å². The molecule has 2 amide bonds. The summed E-state index contributed by atoms with van der Waals surface area (Å²) in [4.78, 5) is 40.5. The Hall–Kier alpha value is -3.68. The summed E-state index contributed by atoms with van der Waals surface area (Å²) in [6.07, 6.45) is 5.94. The van der Waals surface area contributed by atoms with Crippen LogP contribution in [0.5, 0.6) is 0 Å². The standard InChI is InChI=1S/C19H18N6O2/c1-12-7-22-16(10-20-12)18(26)24-9-14-4-3-5-15(6-14)25-19(27)17-11-21-13(2)8-23-17/h3-8,10-11H,9H2,1-2H3,(H,24,26)(H,25,27). The first-order valence-electron chi connectivity index (χ1n) is 8.27. The van der Waals surface area contributed by atoms with E-state index in [-0.39, 0.29) is 23.2 Å². The lowest BCUT2D eigenvalue weighted by molar-refractivity contribution is 0.0944. The minimum absolute atomic E-state index is 0.234. The topological polar surface area (TPSA) is 110 Å². The fraction of sp³-hybridized carbons (Fsp3) is 0.158. The predicted octanol–water partition coefficient (Wildman–Crippen LogP) is 2.07. The average molecular weight is 362 g/mol. The summed E-state index contributed by atoms with van der Waals surface area (Å²) in [6, 6.07) is 7.18. The van der Waals surface area contributed by atoms with Gasteiger partial charge in [-0.15, -0.1) is 0 Å². The normalized spacial score (nSPS) is 10.3. The van der Waals surface area contributed by atoms with Crippen molar-refractivity contribution in [3.05, 3.63) is 77.4 Å². The van der Waals surface area contributed by atoms with E-state index in [1.165, 1.54) is 18.6 Å². The number of aromatic nitrogens is 4. The predicted molar refractivity (Wildman–Crippen MR) is 99.1 cm³/mol. The summed E-state index contributed by atoms with van der Waals surface area (Å²) in [5, 5.41) is 5.54. The van der Waals surface area contributed by atoms with E-state index in [2.05, 4.69) is 30.6 Å². The molecule has 27 heavy (non-hydrogen) atoms. The van der Waals surface area contributed by atoms with Crippen molar-refractivity contribution in [2.75, 3.05) is 5.32 Å². The van der Waals surface area contributed by atoms with Gasteiger partial charge in [0.2, 0.25) is 0 Å². The number of rotatable bonds is 5. The van der Waals surface area contributed by atoms with E-state index in [9.17, 15) is 9.59 Å². The van der Waals surface area contributed by atoms with Crippen LogP contribution in [-0.4, -0.2) is 31.8 Å². The van der Waals surface area contributed by atoms with Crippen molar-refractivity contribution < 1.29 is 9.59 Å². The van der Waals surface area contributed by atoms with Crippen LogP contribution in [0.3, 0.4) is 0 Å². The molecule has 8 nitrogen and oxygen atoms in total. The number of nitrogens with zero attached hydrogens (tertiary/aromatic N) is 4. The van der Waals surface area contributed by atoms with Crippen LogP contribution < -0.4 is 10.6 Å². The van der Waals surface area contributed by atoms with E-state index in [1.807, 2.05) is 6.07 Å². The van der Waals surface area contributed by atoms with Gasteiger partial charge in [-0.1, -0.05) is 12.1 Å². The fourth-order valence-electron chi connectivity index (χ4n) is 2.25. The number of benzene rings is 1. The van der Waals surface area contributed by atoms with Crippen molar-refractivity contribution in [1.29, 1.82) is 0 Å². The Kier molecular flexibility index (Phi) is 5.46. The molecular formula is C19H18N6O2. The molecule has 1 aromatic carbocycles. The van der Waals surface area contributed by atoms with Crippen LogP contribution in [0.15, 0.2) is 49.1 Å². The minimum Gasteiger partial charge on any atom is -0.347 e. The largest absolute Gasteiger partial charge is 0.347 e. The molecule has 0 aliphatic heterocycles. The van der Waals surface area contributed by atoms with E-state index in [0.717, 1.165) is 17.0 Å². The van der Waals surface area contributed by atoms with E-state index in [1.54, 1.807) is 38.2 Å². The van der Waals surface area contributed by atoms with Crippen molar-refractivity contribution in [1.82, 2.24) is 25.3 Å². The van der Waals surface area contributed by atoms with Gasteiger partial charge in [0, 0.05) is 24.6 Å². The molecule has 0 unspecified atom stereocenters. The zero-order valence-electron chi connectivity index (χ0n) is 14.9. The van der Waals surface area contributed by atoms with Crippen LogP contribution in [-0.2, 0) is 6.54 Å². The maximum absolute atomic E-state index is 12.2. The number of carbonyl (C=O) groups excluding carboxylic acids is 2. The first-order valence-corrected chi connectivity index (χ1v) is 8.27. The van der Waals surface area contributed by atoms with Crippen molar-refractivity contribution in [2.24, 2.45) is 0 Å². The summed E-state index contributed by atoms with van der Waals surface area (Å²) in [5.41, 5.74) is 3.40. The Balaban J connectivity index is 1.61. The van der Waals surface area contributed by atoms with Crippen LogP contribution in [0, 0.1) is 13.8 Å². The lowest BCUT2D eigenvalue weighted by Crippen LogP contribution is -2.24. The molecule has 0 bridgehead atoms. The van der Waals surface area contributed by atoms with E-state index >= 15 is 0 Å². The molecule has 0 saturated carbocycles. The highest BCUT2D eigenvalue weighted by molar-refractivity contribution is 6.02. The molecule has 2 N–H and O–H groups in total. The third-order valence-electron chi connectivity index (χ3n) is 3.67. The number of carbonyl (C=O) groups is 2. The third kappa shape index (κ3) is 4.91. The van der Waals surface area contributed by atoms with Gasteiger partial charge in [0.05, 0.1) is 23.8 Å². The molecule has 0 saturated heterocycles. The second-order valence-corrected chi connectivity index (χ2v) is 5.92. The number of nitrogens with one attached hydrogen (secondary N) is 2. The number of amides is 2. The molecule has 0 aliphatic rings. The van der Waals surface area contributed by atoms with Crippen molar-refractivity contribution in [3.8, 4) is 0 Å². The first kappa shape index (κ1) is 18.1. The Morgan fingerprint density at radius 1 is 0.852 bits per heavy atom. The van der Waals surface area contributed by atoms with Crippen LogP contribution in [0.2, 0.25) is 0 Å². The lowest BCUT2D eigenvalue weighted by Gasteiger charge is -2.08. The lowest BCUT2D eigenvalue weighted by atomic mass is 10.2. The van der Waals surface area contributed by atoms with Crippen LogP contribution in [0.1, 0.15) is 37.9 Å². The molecule has 8 heteroatoms. The minimum atomic E-state index is -0.349. The monoisotopic (exact) mass is 362 g/mol. The Labute approximate surface area is 156 Å². The van der Waals surface area contributed by atoms with Gasteiger partial charge in [-0.2, -0.15) is 0 Å². The average Bonchev–Trinajstić information content (AvgIpc) is 2.67. The van der Waals surface area contributed by atoms with Gasteiger partial charge in [0.15, 0.2) is 0 Å². The second kappa shape index (κ2) is 8.13. The molecule has 2 heterocycles. The van der Waals surface area contributed by atoms with Crippen LogP contribution >= 0.6 is 0 Å². The highest BCUT2D eigenvalue weighted by Crippen LogP contribution is 2.12. The van der Waals surface area contributed by atoms with E-state index in [0.29, 0.717) is 12.2 Å². The zero-order chi connectivity index (χ0) is 19.2. The highest BCUT2D eigenvalue weighted by Gasteiger charge is 2.10. The van der Waals surface area contributed by atoms with Crippen molar-refractivity contribution in [3.63, 3.8) is 0 Å². The van der Waals surface area contributed by atoms with Gasteiger partial charge < -0.3 is 10.6 Å². The van der Waals surface area contributed by atoms with E-state index in [4.69, 9.17) is 0 Å². The maximum atomic E-state index is 12.2. The van der Waals surface area contributed by atoms with Gasteiger partial charge in [0.1, 0.15) is 11.4 Å². The van der Waals surface area contributed by atoms with Crippen LogP contribution in [0.25, 0.3) is 0 Å². The van der Waals surface area contributed by atoms with Gasteiger partial charge in [-0.05, 0) is 31.5 Å². The molecule has 3 aromatic rings. The molecule has 0 atom stereocenters. The number of hydrogen-bond acceptors (Lipinski definition) is 6. The quantitative estimate of drug-likeness (QED) is 0.719. The summed E-state index contributed by atoms with van der Waals surface area (Å²) >= 11 is 0. The first-order chi connectivity index (χ1) is 13.0. The van der Waals surface area contributed by atoms with Crippen molar-refractivity contribution in [2.45, 2.75) is 20.4 Å². The van der Waals surface area contributed by atoms with Crippen molar-refractivity contribution >= 4 is 17.5 Å². The molecule has 0 spiro atoms. The van der Waals surface area contributed by atoms with Gasteiger partial charge in [-0.25, -0.2) is 9.97 Å². The summed E-state index contributed by atoms with van der Waals surface area (Å²) in [7, 11) is 0. The smallest absolute Gasteiger partial charge is 0.275 e. The molecule has 0 aliphatic carbocycles. The number of anilines is 1. The second-order valence-electron chi connectivity index (χ2n) is 5.92. The highest BCUT2D eigenvalue weighted by atomic mass is 16.2. The number of hydrogen-bond donors (Lipinski definition) is 2. The third-order valence-corrected chi connectivity index (χ3v) is 3.67. The molecule has 136 valence electrons. The Morgan fingerprint density at radius 3 is 2.07 bits per heavy atom. The SMILES string of the molecule is Cc1cnc(C(=O)NCc2cccc(NC(=O)c3cnc(C)cn3)c2)cn1. The summed E-state index contributed by atoms with van der Waals surface area (Å²) in [6.45, 7) is 3.90. The van der Waals surface area contributed by atoms with E-state index < -0.39 is 0 Å².